The Morgan fingerprint density at radius 3 is 2.50 bits per heavy atom. The van der Waals surface area contributed by atoms with Crippen LogP contribution in [0.3, 0.4) is 0 Å². The van der Waals surface area contributed by atoms with Crippen molar-refractivity contribution in [3.63, 3.8) is 0 Å². The Labute approximate surface area is 102 Å². The van der Waals surface area contributed by atoms with Crippen molar-refractivity contribution in [2.45, 2.75) is 39.0 Å². The summed E-state index contributed by atoms with van der Waals surface area (Å²) in [4.78, 5) is 8.34. The molecule has 0 amide bonds. The Morgan fingerprint density at radius 2 is 2.00 bits per heavy atom. The fourth-order valence-electron chi connectivity index (χ4n) is 1.87. The fourth-order valence-corrected chi connectivity index (χ4v) is 2.29. The maximum Gasteiger partial charge on any atom is 0.216 e. The van der Waals surface area contributed by atoms with Gasteiger partial charge in [0.05, 0.1) is 12.3 Å². The molecule has 0 bridgehead atoms. The molecule has 1 aromatic rings. The number of ether oxygens (including phenoxy) is 1. The number of nitrogens with zero attached hydrogens (tertiary/aromatic N) is 2. The van der Waals surface area contributed by atoms with E-state index >= 15 is 0 Å². The highest BCUT2D eigenvalue weighted by Crippen LogP contribution is 2.30. The minimum Gasteiger partial charge on any atom is -0.478 e. The molecule has 1 rings (SSSR count). The summed E-state index contributed by atoms with van der Waals surface area (Å²) in [6.07, 6.45) is 1.54. The standard InChI is InChI=1S/C12H19ClN2O/c1-5-16-11-6-10(14-7-15-11)12(8(2)3)9(4)13/h6-9,12H,5H2,1-4H3. The first-order valence-electron chi connectivity index (χ1n) is 5.65. The van der Waals surface area contributed by atoms with Crippen LogP contribution in [0.2, 0.25) is 0 Å². The van der Waals surface area contributed by atoms with Crippen molar-refractivity contribution >= 4 is 11.6 Å². The summed E-state index contributed by atoms with van der Waals surface area (Å²) in [5.41, 5.74) is 0.955. The topological polar surface area (TPSA) is 35.0 Å². The molecule has 0 spiro atoms. The van der Waals surface area contributed by atoms with Crippen LogP contribution in [-0.4, -0.2) is 22.0 Å². The molecule has 4 heteroatoms. The first-order valence-corrected chi connectivity index (χ1v) is 6.08. The zero-order valence-corrected chi connectivity index (χ0v) is 11.0. The second kappa shape index (κ2) is 6.04. The van der Waals surface area contributed by atoms with Crippen LogP contribution in [0.4, 0.5) is 0 Å². The number of alkyl halides is 1. The van der Waals surface area contributed by atoms with Crippen molar-refractivity contribution in [1.29, 1.82) is 0 Å². The van der Waals surface area contributed by atoms with Gasteiger partial charge in [0, 0.05) is 17.4 Å². The van der Waals surface area contributed by atoms with E-state index in [0.29, 0.717) is 18.4 Å². The molecule has 0 aliphatic rings. The molecule has 1 heterocycles. The quantitative estimate of drug-likeness (QED) is 0.744. The Morgan fingerprint density at radius 1 is 1.31 bits per heavy atom. The van der Waals surface area contributed by atoms with E-state index in [2.05, 4.69) is 23.8 Å². The summed E-state index contributed by atoms with van der Waals surface area (Å²) in [7, 11) is 0. The van der Waals surface area contributed by atoms with Crippen LogP contribution in [-0.2, 0) is 0 Å². The van der Waals surface area contributed by atoms with E-state index in [1.807, 2.05) is 19.9 Å². The van der Waals surface area contributed by atoms with Gasteiger partial charge in [-0.15, -0.1) is 11.6 Å². The van der Waals surface area contributed by atoms with Crippen LogP contribution in [0.25, 0.3) is 0 Å². The largest absolute Gasteiger partial charge is 0.478 e. The van der Waals surface area contributed by atoms with Gasteiger partial charge in [-0.1, -0.05) is 13.8 Å². The average molecular weight is 243 g/mol. The smallest absolute Gasteiger partial charge is 0.216 e. The Kier molecular flexibility index (Phi) is 5.00. The predicted octanol–water partition coefficient (Wildman–Crippen LogP) is 3.24. The molecule has 0 aliphatic heterocycles. The van der Waals surface area contributed by atoms with Gasteiger partial charge < -0.3 is 4.74 Å². The van der Waals surface area contributed by atoms with Gasteiger partial charge in [-0.25, -0.2) is 9.97 Å². The number of aromatic nitrogens is 2. The lowest BCUT2D eigenvalue weighted by Gasteiger charge is -2.22. The number of rotatable bonds is 5. The van der Waals surface area contributed by atoms with Gasteiger partial charge >= 0.3 is 0 Å². The van der Waals surface area contributed by atoms with Crippen molar-refractivity contribution in [3.05, 3.63) is 18.1 Å². The highest BCUT2D eigenvalue weighted by Gasteiger charge is 2.23. The van der Waals surface area contributed by atoms with Gasteiger partial charge in [0.25, 0.3) is 0 Å². The van der Waals surface area contributed by atoms with E-state index in [1.54, 1.807) is 0 Å². The van der Waals surface area contributed by atoms with Crippen LogP contribution < -0.4 is 4.74 Å². The number of halogens is 1. The fraction of sp³-hybridized carbons (Fsp3) is 0.667. The van der Waals surface area contributed by atoms with Crippen molar-refractivity contribution in [2.24, 2.45) is 5.92 Å². The van der Waals surface area contributed by atoms with Crippen LogP contribution >= 0.6 is 11.6 Å². The zero-order valence-electron chi connectivity index (χ0n) is 10.3. The lowest BCUT2D eigenvalue weighted by atomic mass is 9.89. The maximum atomic E-state index is 6.20. The molecule has 0 aliphatic carbocycles. The Bertz CT molecular complexity index is 321. The molecule has 0 aromatic carbocycles. The summed E-state index contributed by atoms with van der Waals surface area (Å²) in [6, 6.07) is 1.88. The van der Waals surface area contributed by atoms with Crippen molar-refractivity contribution < 1.29 is 4.74 Å². The third kappa shape index (κ3) is 3.34. The van der Waals surface area contributed by atoms with Gasteiger partial charge in [0.1, 0.15) is 6.33 Å². The molecular formula is C12H19ClN2O. The van der Waals surface area contributed by atoms with Gasteiger partial charge in [-0.2, -0.15) is 0 Å². The third-order valence-electron chi connectivity index (χ3n) is 2.51. The van der Waals surface area contributed by atoms with Crippen molar-refractivity contribution in [3.8, 4) is 5.88 Å². The second-order valence-electron chi connectivity index (χ2n) is 4.16. The molecule has 3 nitrogen and oxygen atoms in total. The van der Waals surface area contributed by atoms with Crippen LogP contribution in [0.1, 0.15) is 39.3 Å². The van der Waals surface area contributed by atoms with Gasteiger partial charge in [-0.05, 0) is 19.8 Å². The van der Waals surface area contributed by atoms with E-state index in [0.717, 1.165) is 5.69 Å². The van der Waals surface area contributed by atoms with Gasteiger partial charge in [-0.3, -0.25) is 0 Å². The number of hydrogen-bond donors (Lipinski definition) is 0. The van der Waals surface area contributed by atoms with Crippen LogP contribution in [0.5, 0.6) is 5.88 Å². The molecule has 0 fully saturated rings. The molecule has 0 saturated carbocycles. The van der Waals surface area contributed by atoms with Gasteiger partial charge in [0.2, 0.25) is 5.88 Å². The van der Waals surface area contributed by atoms with E-state index in [1.165, 1.54) is 6.33 Å². The summed E-state index contributed by atoms with van der Waals surface area (Å²) in [5.74, 6) is 1.29. The Hall–Kier alpha value is -0.830. The SMILES string of the molecule is CCOc1cc(C(C(C)C)C(C)Cl)ncn1. The monoisotopic (exact) mass is 242 g/mol. The lowest BCUT2D eigenvalue weighted by molar-refractivity contribution is 0.324. The summed E-state index contributed by atoms with van der Waals surface area (Å²) >= 11 is 6.20. The van der Waals surface area contributed by atoms with E-state index < -0.39 is 0 Å². The van der Waals surface area contributed by atoms with E-state index in [9.17, 15) is 0 Å². The molecular weight excluding hydrogens is 224 g/mol. The van der Waals surface area contributed by atoms with Crippen LogP contribution in [0, 0.1) is 5.92 Å². The van der Waals surface area contributed by atoms with Crippen molar-refractivity contribution in [2.75, 3.05) is 6.61 Å². The highest BCUT2D eigenvalue weighted by atomic mass is 35.5. The molecule has 0 N–H and O–H groups in total. The molecule has 16 heavy (non-hydrogen) atoms. The third-order valence-corrected chi connectivity index (χ3v) is 2.78. The normalized spacial score (nSPS) is 14.9. The first-order chi connectivity index (χ1) is 7.56. The van der Waals surface area contributed by atoms with E-state index in [4.69, 9.17) is 16.3 Å². The molecule has 2 unspecified atom stereocenters. The highest BCUT2D eigenvalue weighted by molar-refractivity contribution is 6.20. The minimum absolute atomic E-state index is 0.0457. The second-order valence-corrected chi connectivity index (χ2v) is 4.85. The predicted molar refractivity (Wildman–Crippen MR) is 66.1 cm³/mol. The average Bonchev–Trinajstić information content (AvgIpc) is 2.17. The summed E-state index contributed by atoms with van der Waals surface area (Å²) < 4.78 is 5.36. The molecule has 0 saturated heterocycles. The van der Waals surface area contributed by atoms with Crippen LogP contribution in [0.15, 0.2) is 12.4 Å². The number of hydrogen-bond acceptors (Lipinski definition) is 3. The summed E-state index contributed by atoms with van der Waals surface area (Å²) in [5, 5.41) is 0.0457. The Balaban J connectivity index is 2.95. The minimum atomic E-state index is 0.0457. The summed E-state index contributed by atoms with van der Waals surface area (Å²) in [6.45, 7) is 8.83. The molecule has 2 atom stereocenters. The van der Waals surface area contributed by atoms with Crippen molar-refractivity contribution in [1.82, 2.24) is 9.97 Å². The molecule has 0 radical (unpaired) electrons. The maximum absolute atomic E-state index is 6.20. The lowest BCUT2D eigenvalue weighted by Crippen LogP contribution is -2.17. The molecule has 1 aromatic heterocycles. The van der Waals surface area contributed by atoms with Gasteiger partial charge in [0.15, 0.2) is 0 Å². The van der Waals surface area contributed by atoms with E-state index in [-0.39, 0.29) is 11.3 Å². The molecule has 90 valence electrons. The zero-order chi connectivity index (χ0) is 12.1. The first kappa shape index (κ1) is 13.2.